The van der Waals surface area contributed by atoms with E-state index >= 15 is 0 Å². The second-order valence-electron chi connectivity index (χ2n) is 6.06. The normalized spacial score (nSPS) is 17.6. The fraction of sp³-hybridized carbons (Fsp3) is 0.167. The Morgan fingerprint density at radius 1 is 1.23 bits per heavy atom. The Morgan fingerprint density at radius 3 is 2.77 bits per heavy atom. The number of halogens is 1. The molecular weight excluding hydrogens is 354 g/mol. The third-order valence-corrected chi connectivity index (χ3v) is 4.59. The highest BCUT2D eigenvalue weighted by molar-refractivity contribution is 6.30. The standard InChI is InChI=1S/C18H16ClN5O2/c19-13-3-1-11(2-4-13)16(23-17(25)15-10-20-18(26)22-15)12-6-8-24-14(9-12)5-7-21-24/h1-9,15-16H,10H2,(H,23,25)(H2,20,22,26)/t15-,16?/m0/s1. The third-order valence-electron chi connectivity index (χ3n) is 4.34. The molecule has 1 saturated heterocycles. The maximum Gasteiger partial charge on any atom is 0.315 e. The molecule has 3 heterocycles. The maximum atomic E-state index is 12.6. The zero-order valence-electron chi connectivity index (χ0n) is 13.6. The van der Waals surface area contributed by atoms with Crippen LogP contribution in [0.25, 0.3) is 5.52 Å². The van der Waals surface area contributed by atoms with E-state index in [-0.39, 0.29) is 24.5 Å². The number of aromatic nitrogens is 2. The fourth-order valence-corrected chi connectivity index (χ4v) is 3.11. The Bertz CT molecular complexity index is 969. The van der Waals surface area contributed by atoms with Gasteiger partial charge in [0.1, 0.15) is 6.04 Å². The molecule has 0 spiro atoms. The highest BCUT2D eigenvalue weighted by Gasteiger charge is 2.29. The number of nitrogens with zero attached hydrogens (tertiary/aromatic N) is 2. The molecule has 1 aromatic carbocycles. The van der Waals surface area contributed by atoms with Crippen molar-refractivity contribution < 1.29 is 9.59 Å². The van der Waals surface area contributed by atoms with E-state index in [1.54, 1.807) is 22.8 Å². The molecule has 7 nitrogen and oxygen atoms in total. The van der Waals surface area contributed by atoms with Crippen LogP contribution in [0.3, 0.4) is 0 Å². The van der Waals surface area contributed by atoms with Gasteiger partial charge in [-0.1, -0.05) is 23.7 Å². The van der Waals surface area contributed by atoms with Gasteiger partial charge in [0.2, 0.25) is 5.91 Å². The number of fused-ring (bicyclic) bond motifs is 1. The molecule has 0 aliphatic carbocycles. The molecule has 2 aromatic heterocycles. The van der Waals surface area contributed by atoms with Crippen molar-refractivity contribution in [1.82, 2.24) is 25.6 Å². The molecule has 3 amide bonds. The number of urea groups is 1. The molecule has 0 radical (unpaired) electrons. The molecule has 0 saturated carbocycles. The van der Waals surface area contributed by atoms with E-state index in [4.69, 9.17) is 11.6 Å². The predicted molar refractivity (Wildman–Crippen MR) is 97.0 cm³/mol. The summed E-state index contributed by atoms with van der Waals surface area (Å²) in [6.07, 6.45) is 3.56. The van der Waals surface area contributed by atoms with Crippen molar-refractivity contribution >= 4 is 29.1 Å². The number of carbonyl (C=O) groups excluding carboxylic acids is 2. The molecule has 26 heavy (non-hydrogen) atoms. The maximum absolute atomic E-state index is 12.6. The lowest BCUT2D eigenvalue weighted by molar-refractivity contribution is -0.122. The van der Waals surface area contributed by atoms with Gasteiger partial charge in [0.05, 0.1) is 11.6 Å². The SMILES string of the molecule is O=C1NC[C@@H](C(=O)NC(c2ccc(Cl)cc2)c2ccn3nccc3c2)N1. The first kappa shape index (κ1) is 16.4. The molecule has 0 bridgehead atoms. The zero-order chi connectivity index (χ0) is 18.1. The molecule has 1 fully saturated rings. The number of hydrogen-bond donors (Lipinski definition) is 3. The van der Waals surface area contributed by atoms with E-state index < -0.39 is 6.04 Å². The van der Waals surface area contributed by atoms with Gasteiger partial charge >= 0.3 is 6.03 Å². The number of carbonyl (C=O) groups is 2. The summed E-state index contributed by atoms with van der Waals surface area (Å²) in [4.78, 5) is 23.9. The molecule has 4 rings (SSSR count). The lowest BCUT2D eigenvalue weighted by Crippen LogP contribution is -2.44. The lowest BCUT2D eigenvalue weighted by atomic mass is 9.98. The first-order valence-electron chi connectivity index (χ1n) is 8.14. The smallest absolute Gasteiger partial charge is 0.315 e. The summed E-state index contributed by atoms with van der Waals surface area (Å²) in [6, 6.07) is 11.8. The molecule has 1 unspecified atom stereocenters. The Morgan fingerprint density at radius 2 is 2.04 bits per heavy atom. The largest absolute Gasteiger partial charge is 0.343 e. The molecular formula is C18H16ClN5O2. The van der Waals surface area contributed by atoms with Crippen LogP contribution in [0.4, 0.5) is 4.79 Å². The summed E-state index contributed by atoms with van der Waals surface area (Å²) in [5.74, 6) is -0.253. The van der Waals surface area contributed by atoms with Crippen LogP contribution in [-0.4, -0.2) is 34.1 Å². The Hall–Kier alpha value is -3.06. The summed E-state index contributed by atoms with van der Waals surface area (Å²) in [5, 5.41) is 13.0. The summed E-state index contributed by atoms with van der Waals surface area (Å²) < 4.78 is 1.76. The van der Waals surface area contributed by atoms with Crippen LogP contribution in [0.5, 0.6) is 0 Å². The molecule has 1 aliphatic rings. The quantitative estimate of drug-likeness (QED) is 0.656. The second-order valence-corrected chi connectivity index (χ2v) is 6.50. The van der Waals surface area contributed by atoms with Crippen molar-refractivity contribution in [1.29, 1.82) is 0 Å². The number of benzene rings is 1. The highest BCUT2D eigenvalue weighted by Crippen LogP contribution is 2.25. The highest BCUT2D eigenvalue weighted by atomic mass is 35.5. The summed E-state index contributed by atoms with van der Waals surface area (Å²) in [6.45, 7) is 0.264. The van der Waals surface area contributed by atoms with Gasteiger partial charge in [0, 0.05) is 24.0 Å². The van der Waals surface area contributed by atoms with Crippen LogP contribution in [0.15, 0.2) is 54.9 Å². The molecule has 3 aromatic rings. The van der Waals surface area contributed by atoms with Crippen molar-refractivity contribution in [3.05, 3.63) is 71.0 Å². The van der Waals surface area contributed by atoms with E-state index in [0.717, 1.165) is 16.6 Å². The predicted octanol–water partition coefficient (Wildman–Crippen LogP) is 1.87. The van der Waals surface area contributed by atoms with Crippen LogP contribution >= 0.6 is 11.6 Å². The van der Waals surface area contributed by atoms with E-state index in [1.165, 1.54) is 0 Å². The van der Waals surface area contributed by atoms with Gasteiger partial charge in [0.15, 0.2) is 0 Å². The number of nitrogens with one attached hydrogen (secondary N) is 3. The summed E-state index contributed by atoms with van der Waals surface area (Å²) >= 11 is 6.00. The van der Waals surface area contributed by atoms with Gasteiger partial charge in [-0.2, -0.15) is 5.10 Å². The van der Waals surface area contributed by atoms with E-state index in [0.29, 0.717) is 5.02 Å². The third kappa shape index (κ3) is 3.21. The lowest BCUT2D eigenvalue weighted by Gasteiger charge is -2.22. The topological polar surface area (TPSA) is 87.5 Å². The average Bonchev–Trinajstić information content (AvgIpc) is 3.28. The first-order chi connectivity index (χ1) is 12.6. The Labute approximate surface area is 154 Å². The average molecular weight is 370 g/mol. The van der Waals surface area contributed by atoms with Gasteiger partial charge in [-0.15, -0.1) is 0 Å². The van der Waals surface area contributed by atoms with Gasteiger partial charge in [-0.05, 0) is 41.5 Å². The van der Waals surface area contributed by atoms with Crippen LogP contribution in [0.1, 0.15) is 17.2 Å². The number of rotatable bonds is 4. The first-order valence-corrected chi connectivity index (χ1v) is 8.51. The van der Waals surface area contributed by atoms with Crippen molar-refractivity contribution in [3.8, 4) is 0 Å². The van der Waals surface area contributed by atoms with E-state index in [9.17, 15) is 9.59 Å². The molecule has 3 N–H and O–H groups in total. The van der Waals surface area contributed by atoms with Gasteiger partial charge in [0.25, 0.3) is 0 Å². The van der Waals surface area contributed by atoms with Gasteiger partial charge < -0.3 is 16.0 Å². The number of hydrogen-bond acceptors (Lipinski definition) is 3. The zero-order valence-corrected chi connectivity index (χ0v) is 14.4. The van der Waals surface area contributed by atoms with Crippen molar-refractivity contribution in [2.75, 3.05) is 6.54 Å². The monoisotopic (exact) mass is 369 g/mol. The molecule has 8 heteroatoms. The van der Waals surface area contributed by atoms with Crippen LogP contribution < -0.4 is 16.0 Å². The molecule has 1 aliphatic heterocycles. The minimum Gasteiger partial charge on any atom is -0.343 e. The second kappa shape index (κ2) is 6.68. The summed E-state index contributed by atoms with van der Waals surface area (Å²) in [7, 11) is 0. The molecule has 2 atom stereocenters. The summed E-state index contributed by atoms with van der Waals surface area (Å²) in [5.41, 5.74) is 2.72. The minimum atomic E-state index is -0.601. The van der Waals surface area contributed by atoms with Gasteiger partial charge in [-0.25, -0.2) is 9.31 Å². The fourth-order valence-electron chi connectivity index (χ4n) is 2.99. The Kier molecular flexibility index (Phi) is 4.22. The van der Waals surface area contributed by atoms with Gasteiger partial charge in [-0.3, -0.25) is 4.79 Å². The van der Waals surface area contributed by atoms with E-state index in [2.05, 4.69) is 21.0 Å². The van der Waals surface area contributed by atoms with E-state index in [1.807, 2.05) is 36.5 Å². The van der Waals surface area contributed by atoms with Crippen LogP contribution in [0.2, 0.25) is 5.02 Å². The molecule has 132 valence electrons. The van der Waals surface area contributed by atoms with Crippen molar-refractivity contribution in [2.45, 2.75) is 12.1 Å². The number of amides is 3. The van der Waals surface area contributed by atoms with Crippen LogP contribution in [-0.2, 0) is 4.79 Å². The van der Waals surface area contributed by atoms with Crippen LogP contribution in [0, 0.1) is 0 Å². The van der Waals surface area contributed by atoms with Crippen molar-refractivity contribution in [2.24, 2.45) is 0 Å². The minimum absolute atomic E-state index is 0.253. The number of pyridine rings is 1. The van der Waals surface area contributed by atoms with Crippen molar-refractivity contribution in [3.63, 3.8) is 0 Å². The Balaban J connectivity index is 1.67.